The molecule has 0 radical (unpaired) electrons. The second-order valence-electron chi connectivity index (χ2n) is 7.34. The van der Waals surface area contributed by atoms with Crippen LogP contribution in [0.2, 0.25) is 0 Å². The lowest BCUT2D eigenvalue weighted by atomic mass is 9.99. The van der Waals surface area contributed by atoms with Crippen molar-refractivity contribution in [3.8, 4) is 33.6 Å². The Balaban J connectivity index is 1.41. The molecule has 0 bridgehead atoms. The predicted octanol–water partition coefficient (Wildman–Crippen LogP) is 7.58. The topological polar surface area (TPSA) is 28.7 Å². The van der Waals surface area contributed by atoms with Crippen molar-refractivity contribution in [2.45, 2.75) is 6.18 Å². The van der Waals surface area contributed by atoms with Crippen LogP contribution in [0.4, 0.5) is 13.2 Å². The Labute approximate surface area is 177 Å². The van der Waals surface area contributed by atoms with Crippen molar-refractivity contribution in [3.63, 3.8) is 0 Å². The lowest BCUT2D eigenvalue weighted by Gasteiger charge is -2.06. The molecular formula is C26H17F3N2. The minimum Gasteiger partial charge on any atom is -0.338 e. The molecule has 5 heteroatoms. The Hall–Kier alpha value is -3.86. The van der Waals surface area contributed by atoms with Gasteiger partial charge in [-0.25, -0.2) is 4.98 Å². The smallest absolute Gasteiger partial charge is 0.338 e. The quantitative estimate of drug-likeness (QED) is 0.324. The van der Waals surface area contributed by atoms with Gasteiger partial charge < -0.3 is 4.98 Å². The van der Waals surface area contributed by atoms with Gasteiger partial charge in [-0.2, -0.15) is 13.2 Å². The van der Waals surface area contributed by atoms with Gasteiger partial charge in [0, 0.05) is 5.56 Å². The van der Waals surface area contributed by atoms with Crippen LogP contribution in [-0.2, 0) is 6.18 Å². The maximum atomic E-state index is 12.9. The molecule has 0 unspecified atom stereocenters. The molecule has 5 rings (SSSR count). The molecule has 31 heavy (non-hydrogen) atoms. The van der Waals surface area contributed by atoms with E-state index in [2.05, 4.69) is 46.4 Å². The molecule has 0 atom stereocenters. The van der Waals surface area contributed by atoms with Crippen LogP contribution in [0, 0.1) is 0 Å². The number of aromatic nitrogens is 2. The molecule has 2 nitrogen and oxygen atoms in total. The van der Waals surface area contributed by atoms with Crippen molar-refractivity contribution in [1.29, 1.82) is 0 Å². The summed E-state index contributed by atoms with van der Waals surface area (Å²) in [6.45, 7) is 0. The highest BCUT2D eigenvalue weighted by Crippen LogP contribution is 2.32. The summed E-state index contributed by atoms with van der Waals surface area (Å²) in [7, 11) is 0. The van der Waals surface area contributed by atoms with Crippen LogP contribution in [0.1, 0.15) is 5.56 Å². The van der Waals surface area contributed by atoms with Gasteiger partial charge in [-0.15, -0.1) is 0 Å². The van der Waals surface area contributed by atoms with E-state index in [4.69, 9.17) is 0 Å². The average molecular weight is 414 g/mol. The number of fused-ring (bicyclic) bond motifs is 1. The van der Waals surface area contributed by atoms with E-state index < -0.39 is 11.7 Å². The fourth-order valence-electron chi connectivity index (χ4n) is 3.63. The lowest BCUT2D eigenvalue weighted by molar-refractivity contribution is -0.137. The minimum atomic E-state index is -4.38. The van der Waals surface area contributed by atoms with Gasteiger partial charge in [0.25, 0.3) is 0 Å². The predicted molar refractivity (Wildman–Crippen MR) is 117 cm³/mol. The summed E-state index contributed by atoms with van der Waals surface area (Å²) in [4.78, 5) is 7.45. The van der Waals surface area contributed by atoms with Crippen LogP contribution in [0.15, 0.2) is 97.1 Å². The van der Waals surface area contributed by atoms with Gasteiger partial charge in [-0.1, -0.05) is 78.9 Å². The number of nitrogens with zero attached hydrogens (tertiary/aromatic N) is 1. The van der Waals surface area contributed by atoms with Crippen LogP contribution in [0.5, 0.6) is 0 Å². The number of hydrogen-bond acceptors (Lipinski definition) is 1. The fraction of sp³-hybridized carbons (Fsp3) is 0.0385. The fourth-order valence-corrected chi connectivity index (χ4v) is 3.63. The maximum absolute atomic E-state index is 12.9. The average Bonchev–Trinajstić information content (AvgIpc) is 3.23. The monoisotopic (exact) mass is 414 g/mol. The summed E-state index contributed by atoms with van der Waals surface area (Å²) in [5.74, 6) is 0.542. The summed E-state index contributed by atoms with van der Waals surface area (Å²) < 4.78 is 38.8. The van der Waals surface area contributed by atoms with Gasteiger partial charge in [-0.3, -0.25) is 0 Å². The number of alkyl halides is 3. The zero-order chi connectivity index (χ0) is 21.4. The van der Waals surface area contributed by atoms with Crippen molar-refractivity contribution in [2.24, 2.45) is 0 Å². The molecule has 0 aliphatic rings. The molecular weight excluding hydrogens is 397 g/mol. The molecule has 1 heterocycles. The highest BCUT2D eigenvalue weighted by atomic mass is 19.4. The SMILES string of the molecule is FC(F)(F)c1ccc2[nH]c(-c3ccc(-c4ccc(-c5ccccc5)cc4)cc3)nc2c1. The van der Waals surface area contributed by atoms with E-state index in [1.54, 1.807) is 0 Å². The second kappa shape index (κ2) is 7.43. The number of imidazole rings is 1. The third kappa shape index (κ3) is 3.82. The third-order valence-electron chi connectivity index (χ3n) is 5.29. The van der Waals surface area contributed by atoms with Crippen LogP contribution in [0.3, 0.4) is 0 Å². The molecule has 152 valence electrons. The molecule has 0 aliphatic heterocycles. The first-order valence-corrected chi connectivity index (χ1v) is 9.81. The summed E-state index contributed by atoms with van der Waals surface area (Å²) in [6, 6.07) is 29.9. The first-order chi connectivity index (χ1) is 15.0. The Morgan fingerprint density at radius 2 is 1.10 bits per heavy atom. The van der Waals surface area contributed by atoms with Crippen molar-refractivity contribution in [1.82, 2.24) is 9.97 Å². The molecule has 0 saturated heterocycles. The van der Waals surface area contributed by atoms with Crippen LogP contribution in [-0.4, -0.2) is 9.97 Å². The Bertz CT molecular complexity index is 1330. The standard InChI is InChI=1S/C26H17F3N2/c27-26(28,29)22-14-15-23-24(16-22)31-25(30-23)21-12-10-20(11-13-21)19-8-6-18(7-9-19)17-4-2-1-3-5-17/h1-16H,(H,30,31). The van der Waals surface area contributed by atoms with E-state index in [9.17, 15) is 13.2 Å². The first kappa shape index (κ1) is 19.1. The summed E-state index contributed by atoms with van der Waals surface area (Å²) in [5, 5.41) is 0. The summed E-state index contributed by atoms with van der Waals surface area (Å²) >= 11 is 0. The van der Waals surface area contributed by atoms with E-state index in [0.717, 1.165) is 34.4 Å². The largest absolute Gasteiger partial charge is 0.416 e. The number of halogens is 3. The van der Waals surface area contributed by atoms with Gasteiger partial charge >= 0.3 is 6.18 Å². The normalized spacial score (nSPS) is 11.7. The second-order valence-corrected chi connectivity index (χ2v) is 7.34. The Morgan fingerprint density at radius 1 is 0.581 bits per heavy atom. The number of rotatable bonds is 3. The van der Waals surface area contributed by atoms with Gasteiger partial charge in [0.05, 0.1) is 16.6 Å². The summed E-state index contributed by atoms with van der Waals surface area (Å²) in [5.41, 5.74) is 5.45. The van der Waals surface area contributed by atoms with E-state index in [1.807, 2.05) is 42.5 Å². The molecule has 5 aromatic rings. The molecule has 0 amide bonds. The van der Waals surface area contributed by atoms with Crippen LogP contribution < -0.4 is 0 Å². The number of hydrogen-bond donors (Lipinski definition) is 1. The van der Waals surface area contributed by atoms with Gasteiger partial charge in [-0.05, 0) is 40.5 Å². The third-order valence-corrected chi connectivity index (χ3v) is 5.29. The van der Waals surface area contributed by atoms with Crippen molar-refractivity contribution < 1.29 is 13.2 Å². The number of aromatic amines is 1. The minimum absolute atomic E-state index is 0.297. The molecule has 0 fully saturated rings. The van der Waals surface area contributed by atoms with Gasteiger partial charge in [0.2, 0.25) is 0 Å². The van der Waals surface area contributed by atoms with Crippen LogP contribution >= 0.6 is 0 Å². The number of benzene rings is 4. The zero-order valence-corrected chi connectivity index (χ0v) is 16.3. The molecule has 1 aromatic heterocycles. The van der Waals surface area contributed by atoms with E-state index in [0.29, 0.717) is 16.9 Å². The first-order valence-electron chi connectivity index (χ1n) is 9.81. The Kier molecular flexibility index (Phi) is 4.59. The van der Waals surface area contributed by atoms with E-state index in [-0.39, 0.29) is 0 Å². The van der Waals surface area contributed by atoms with Crippen LogP contribution in [0.25, 0.3) is 44.7 Å². The Morgan fingerprint density at radius 3 is 1.65 bits per heavy atom. The van der Waals surface area contributed by atoms with E-state index in [1.165, 1.54) is 11.6 Å². The van der Waals surface area contributed by atoms with Gasteiger partial charge in [0.1, 0.15) is 5.82 Å². The highest BCUT2D eigenvalue weighted by Gasteiger charge is 2.30. The lowest BCUT2D eigenvalue weighted by Crippen LogP contribution is -2.04. The molecule has 1 N–H and O–H groups in total. The molecule has 4 aromatic carbocycles. The molecule has 0 spiro atoms. The summed E-state index contributed by atoms with van der Waals surface area (Å²) in [6.07, 6.45) is -4.38. The van der Waals surface area contributed by atoms with Crippen molar-refractivity contribution >= 4 is 11.0 Å². The zero-order valence-electron chi connectivity index (χ0n) is 16.3. The highest BCUT2D eigenvalue weighted by molar-refractivity contribution is 5.81. The van der Waals surface area contributed by atoms with Crippen molar-refractivity contribution in [2.75, 3.05) is 0 Å². The van der Waals surface area contributed by atoms with Gasteiger partial charge in [0.15, 0.2) is 0 Å². The molecule has 0 saturated carbocycles. The van der Waals surface area contributed by atoms with Crippen molar-refractivity contribution in [3.05, 3.63) is 103 Å². The maximum Gasteiger partial charge on any atom is 0.416 e. The molecule has 0 aliphatic carbocycles. The number of nitrogens with one attached hydrogen (secondary N) is 1. The van der Waals surface area contributed by atoms with E-state index >= 15 is 0 Å². The number of H-pyrrole nitrogens is 1.